The van der Waals surface area contributed by atoms with Gasteiger partial charge in [-0.2, -0.15) is 0 Å². The summed E-state index contributed by atoms with van der Waals surface area (Å²) in [6, 6.07) is 2.14. The minimum Gasteiger partial charge on any atom is -0.361 e. The van der Waals surface area contributed by atoms with E-state index in [1.54, 1.807) is 0 Å². The van der Waals surface area contributed by atoms with Crippen LogP contribution in [0.15, 0.2) is 24.4 Å². The lowest BCUT2D eigenvalue weighted by Gasteiger charge is -2.37. The molecule has 1 aliphatic carbocycles. The Morgan fingerprint density at radius 2 is 2.00 bits per heavy atom. The average Bonchev–Trinajstić information content (AvgIpc) is 2.45. The molecule has 80 valence electrons. The second kappa shape index (κ2) is 3.13. The van der Waals surface area contributed by atoms with E-state index in [4.69, 9.17) is 0 Å². The van der Waals surface area contributed by atoms with E-state index in [2.05, 4.69) is 63.0 Å². The fraction of sp³-hybridized carbons (Fsp3) is 0.429. The predicted molar refractivity (Wildman–Crippen MR) is 65.7 cm³/mol. The first-order valence-electron chi connectivity index (χ1n) is 5.48. The van der Waals surface area contributed by atoms with Crippen LogP contribution in [-0.4, -0.2) is 4.98 Å². The molecule has 15 heavy (non-hydrogen) atoms. The molecule has 0 saturated carbocycles. The molecule has 0 bridgehead atoms. The number of aromatic amines is 1. The summed E-state index contributed by atoms with van der Waals surface area (Å²) in [4.78, 5) is 3.25. The van der Waals surface area contributed by atoms with Gasteiger partial charge in [0.25, 0.3) is 0 Å². The number of hydrogen-bond donors (Lipinski definition) is 1. The Hall–Kier alpha value is -1.24. The van der Waals surface area contributed by atoms with Crippen LogP contribution >= 0.6 is 0 Å². The molecule has 1 aliphatic rings. The summed E-state index contributed by atoms with van der Waals surface area (Å²) in [5.41, 5.74) is 0.340. The monoisotopic (exact) mass is 201 g/mol. The molecule has 2 rings (SSSR count). The zero-order valence-corrected chi connectivity index (χ0v) is 9.96. The molecule has 0 aliphatic heterocycles. The molecule has 0 radical (unpaired) electrons. The van der Waals surface area contributed by atoms with Gasteiger partial charge in [0.2, 0.25) is 0 Å². The molecule has 1 unspecified atom stereocenters. The van der Waals surface area contributed by atoms with Gasteiger partial charge in [0.05, 0.1) is 0 Å². The number of H-pyrrole nitrogens is 1. The second-order valence-corrected chi connectivity index (χ2v) is 5.55. The van der Waals surface area contributed by atoms with Gasteiger partial charge in [-0.1, -0.05) is 45.9 Å². The molecular formula is C14H19N. The van der Waals surface area contributed by atoms with Crippen LogP contribution in [0.3, 0.4) is 0 Å². The molecule has 1 nitrogen and oxygen atoms in total. The summed E-state index contributed by atoms with van der Waals surface area (Å²) < 4.78 is 0. The number of fused-ring (bicyclic) bond motifs is 1. The molecule has 0 amide bonds. The molecule has 1 aromatic rings. The molecular weight excluding hydrogens is 182 g/mol. The topological polar surface area (TPSA) is 15.8 Å². The van der Waals surface area contributed by atoms with Crippen molar-refractivity contribution in [3.05, 3.63) is 35.0 Å². The van der Waals surface area contributed by atoms with Crippen molar-refractivity contribution >= 4 is 12.2 Å². The maximum atomic E-state index is 3.25. The van der Waals surface area contributed by atoms with Gasteiger partial charge >= 0.3 is 0 Å². The minimum absolute atomic E-state index is 0.108. The maximum Gasteiger partial charge on any atom is 0.0450 e. The van der Waals surface area contributed by atoms with Crippen molar-refractivity contribution in [3.63, 3.8) is 0 Å². The van der Waals surface area contributed by atoms with E-state index in [9.17, 15) is 0 Å². The lowest BCUT2D eigenvalue weighted by molar-refractivity contribution is 0.246. The fourth-order valence-electron chi connectivity index (χ4n) is 1.85. The molecule has 1 heterocycles. The first-order chi connectivity index (χ1) is 6.92. The van der Waals surface area contributed by atoms with Crippen molar-refractivity contribution in [2.75, 3.05) is 0 Å². The van der Waals surface area contributed by atoms with Gasteiger partial charge in [0.1, 0.15) is 0 Å². The number of allylic oxidation sites excluding steroid dienone is 2. The zero-order valence-electron chi connectivity index (χ0n) is 9.96. The Bertz CT molecular complexity index is 496. The Morgan fingerprint density at radius 1 is 1.27 bits per heavy atom. The molecule has 0 fully saturated rings. The lowest BCUT2D eigenvalue weighted by Crippen LogP contribution is -2.32. The summed E-state index contributed by atoms with van der Waals surface area (Å²) in [5, 5.41) is 2.51. The number of hydrogen-bond acceptors (Lipinski definition) is 0. The average molecular weight is 201 g/mol. The molecule has 1 atom stereocenters. The van der Waals surface area contributed by atoms with Gasteiger partial charge in [-0.25, -0.2) is 0 Å². The molecule has 1 N–H and O–H groups in total. The van der Waals surface area contributed by atoms with Gasteiger partial charge in [-0.3, -0.25) is 0 Å². The Labute approximate surface area is 91.2 Å². The Balaban J connectivity index is 2.66. The molecule has 0 saturated heterocycles. The second-order valence-electron chi connectivity index (χ2n) is 5.55. The van der Waals surface area contributed by atoms with Gasteiger partial charge in [0.15, 0.2) is 0 Å². The number of nitrogens with one attached hydrogen (secondary N) is 1. The van der Waals surface area contributed by atoms with E-state index < -0.39 is 0 Å². The number of rotatable bonds is 0. The van der Waals surface area contributed by atoms with Gasteiger partial charge in [-0.05, 0) is 22.8 Å². The van der Waals surface area contributed by atoms with Gasteiger partial charge < -0.3 is 4.98 Å². The third-order valence-corrected chi connectivity index (χ3v) is 3.59. The van der Waals surface area contributed by atoms with Crippen molar-refractivity contribution in [3.8, 4) is 0 Å². The first-order valence-corrected chi connectivity index (χ1v) is 5.48. The largest absolute Gasteiger partial charge is 0.361 e. The van der Waals surface area contributed by atoms with Crippen LogP contribution in [-0.2, 0) is 0 Å². The van der Waals surface area contributed by atoms with E-state index in [-0.39, 0.29) is 10.8 Å². The van der Waals surface area contributed by atoms with E-state index >= 15 is 0 Å². The first kappa shape index (κ1) is 10.3. The van der Waals surface area contributed by atoms with E-state index in [0.717, 1.165) is 0 Å². The Morgan fingerprint density at radius 3 is 2.67 bits per heavy atom. The quantitative estimate of drug-likeness (QED) is 0.662. The van der Waals surface area contributed by atoms with Crippen LogP contribution in [0, 0.1) is 10.8 Å². The highest BCUT2D eigenvalue weighted by molar-refractivity contribution is 5.48. The normalized spacial score (nSPS) is 25.1. The van der Waals surface area contributed by atoms with Crippen LogP contribution in [0.1, 0.15) is 27.7 Å². The standard InChI is InChI=1S/C14H19N/c1-13(2,3)14(4)8-5-6-12-11(10-14)7-9-15-12/h5-10,15H,1-4H3. The Kier molecular flexibility index (Phi) is 2.14. The van der Waals surface area contributed by atoms with Crippen LogP contribution in [0.2, 0.25) is 0 Å². The highest BCUT2D eigenvalue weighted by Gasteiger charge is 2.33. The van der Waals surface area contributed by atoms with Crippen molar-refractivity contribution in [2.45, 2.75) is 27.7 Å². The van der Waals surface area contributed by atoms with E-state index in [1.807, 2.05) is 6.20 Å². The molecule has 1 aromatic heterocycles. The third-order valence-electron chi connectivity index (χ3n) is 3.59. The fourth-order valence-corrected chi connectivity index (χ4v) is 1.85. The number of aromatic nitrogens is 1. The van der Waals surface area contributed by atoms with Crippen LogP contribution in [0.4, 0.5) is 0 Å². The maximum absolute atomic E-state index is 3.25. The smallest absolute Gasteiger partial charge is 0.0450 e. The summed E-state index contributed by atoms with van der Waals surface area (Å²) in [6.07, 6.45) is 11.0. The van der Waals surface area contributed by atoms with E-state index in [1.165, 1.54) is 10.6 Å². The summed E-state index contributed by atoms with van der Waals surface area (Å²) in [7, 11) is 0. The van der Waals surface area contributed by atoms with Crippen LogP contribution in [0.5, 0.6) is 0 Å². The third kappa shape index (κ3) is 1.67. The van der Waals surface area contributed by atoms with Crippen LogP contribution < -0.4 is 10.6 Å². The van der Waals surface area contributed by atoms with Crippen molar-refractivity contribution in [2.24, 2.45) is 10.8 Å². The summed E-state index contributed by atoms with van der Waals surface area (Å²) >= 11 is 0. The highest BCUT2D eigenvalue weighted by Crippen LogP contribution is 2.41. The summed E-state index contributed by atoms with van der Waals surface area (Å²) in [6.45, 7) is 9.14. The molecule has 1 heteroatoms. The van der Waals surface area contributed by atoms with Crippen LogP contribution in [0.25, 0.3) is 12.2 Å². The highest BCUT2D eigenvalue weighted by atomic mass is 14.6. The van der Waals surface area contributed by atoms with Crippen molar-refractivity contribution in [1.29, 1.82) is 0 Å². The van der Waals surface area contributed by atoms with Gasteiger partial charge in [0, 0.05) is 17.0 Å². The van der Waals surface area contributed by atoms with Crippen molar-refractivity contribution in [1.82, 2.24) is 4.98 Å². The molecule has 0 spiro atoms. The molecule has 0 aromatic carbocycles. The SMILES string of the molecule is CC(C)(C)C1(C)C=CC=c2[nH]ccc2=C1. The lowest BCUT2D eigenvalue weighted by atomic mass is 9.67. The minimum atomic E-state index is 0.108. The summed E-state index contributed by atoms with van der Waals surface area (Å²) in [5.74, 6) is 0. The van der Waals surface area contributed by atoms with E-state index in [0.29, 0.717) is 0 Å². The van der Waals surface area contributed by atoms with Crippen molar-refractivity contribution < 1.29 is 0 Å². The predicted octanol–water partition coefficient (Wildman–Crippen LogP) is 2.20. The van der Waals surface area contributed by atoms with Gasteiger partial charge in [-0.15, -0.1) is 0 Å². The zero-order chi connectivity index (χ0) is 11.1.